The van der Waals surface area contributed by atoms with E-state index >= 15 is 0 Å². The van der Waals surface area contributed by atoms with Crippen LogP contribution < -0.4 is 10.1 Å². The predicted molar refractivity (Wildman–Crippen MR) is 73.4 cm³/mol. The topological polar surface area (TPSA) is 41.5 Å². The molecule has 0 aromatic heterocycles. The lowest BCUT2D eigenvalue weighted by molar-refractivity contribution is 0.415. The molecule has 0 saturated heterocycles. The first kappa shape index (κ1) is 12.6. The van der Waals surface area contributed by atoms with Gasteiger partial charge < -0.3 is 15.2 Å². The Morgan fingerprint density at radius 1 is 1.17 bits per heavy atom. The van der Waals surface area contributed by atoms with Gasteiger partial charge in [-0.1, -0.05) is 17.7 Å². The van der Waals surface area contributed by atoms with Gasteiger partial charge in [0.15, 0.2) is 0 Å². The van der Waals surface area contributed by atoms with Gasteiger partial charge in [-0.2, -0.15) is 0 Å². The van der Waals surface area contributed by atoms with E-state index in [0.717, 1.165) is 11.4 Å². The third kappa shape index (κ3) is 2.87. The van der Waals surface area contributed by atoms with Crippen LogP contribution in [0.3, 0.4) is 0 Å². The number of nitrogens with one attached hydrogen (secondary N) is 1. The molecule has 18 heavy (non-hydrogen) atoms. The van der Waals surface area contributed by atoms with Gasteiger partial charge in [0.1, 0.15) is 11.5 Å². The van der Waals surface area contributed by atoms with Crippen LogP contribution in [0, 0.1) is 0 Å². The summed E-state index contributed by atoms with van der Waals surface area (Å²) in [6.45, 7) is 0.470. The molecule has 4 heteroatoms. The minimum atomic E-state index is 0.198. The Morgan fingerprint density at radius 3 is 2.50 bits per heavy atom. The van der Waals surface area contributed by atoms with Crippen LogP contribution in [0.15, 0.2) is 42.5 Å². The highest BCUT2D eigenvalue weighted by atomic mass is 35.5. The van der Waals surface area contributed by atoms with Crippen LogP contribution >= 0.6 is 11.6 Å². The molecular weight excluding hydrogens is 250 g/mol. The zero-order valence-electron chi connectivity index (χ0n) is 9.98. The molecule has 3 nitrogen and oxygen atoms in total. The van der Waals surface area contributed by atoms with Crippen LogP contribution in [-0.2, 0) is 6.54 Å². The van der Waals surface area contributed by atoms with E-state index in [4.69, 9.17) is 16.3 Å². The molecule has 0 bridgehead atoms. The Morgan fingerprint density at radius 2 is 1.89 bits per heavy atom. The summed E-state index contributed by atoms with van der Waals surface area (Å²) < 4.78 is 5.08. The minimum Gasteiger partial charge on any atom is -0.508 e. The van der Waals surface area contributed by atoms with Gasteiger partial charge in [0.25, 0.3) is 0 Å². The number of phenols is 1. The van der Waals surface area contributed by atoms with Gasteiger partial charge in [-0.3, -0.25) is 0 Å². The minimum absolute atomic E-state index is 0.198. The van der Waals surface area contributed by atoms with E-state index in [2.05, 4.69) is 5.32 Å². The van der Waals surface area contributed by atoms with Gasteiger partial charge in [0.05, 0.1) is 7.11 Å². The summed E-state index contributed by atoms with van der Waals surface area (Å²) in [6.07, 6.45) is 0. The fourth-order valence-electron chi connectivity index (χ4n) is 1.62. The largest absolute Gasteiger partial charge is 0.508 e. The predicted octanol–water partition coefficient (Wildman–Crippen LogP) is 3.67. The summed E-state index contributed by atoms with van der Waals surface area (Å²) in [7, 11) is 1.63. The number of phenolic OH excluding ortho intramolecular Hbond substituents is 1. The Balaban J connectivity index is 2.06. The molecule has 2 aromatic rings. The zero-order valence-corrected chi connectivity index (χ0v) is 10.7. The van der Waals surface area contributed by atoms with Crippen molar-refractivity contribution in [1.29, 1.82) is 0 Å². The number of halogens is 1. The lowest BCUT2D eigenvalue weighted by atomic mass is 10.2. The first-order chi connectivity index (χ1) is 8.70. The second kappa shape index (κ2) is 5.65. The molecule has 2 N–H and O–H groups in total. The van der Waals surface area contributed by atoms with Crippen LogP contribution in [0.1, 0.15) is 5.56 Å². The summed E-state index contributed by atoms with van der Waals surface area (Å²) >= 11 is 6.02. The average molecular weight is 264 g/mol. The van der Waals surface area contributed by atoms with Crippen molar-refractivity contribution in [3.63, 3.8) is 0 Å². The second-order valence-corrected chi connectivity index (χ2v) is 4.23. The van der Waals surface area contributed by atoms with Gasteiger partial charge in [-0.25, -0.2) is 0 Å². The van der Waals surface area contributed by atoms with Crippen LogP contribution in [0.2, 0.25) is 5.02 Å². The number of anilines is 1. The quantitative estimate of drug-likeness (QED) is 0.884. The first-order valence-electron chi connectivity index (χ1n) is 5.55. The molecule has 94 valence electrons. The molecule has 0 unspecified atom stereocenters. The third-order valence-corrected chi connectivity index (χ3v) is 3.01. The highest BCUT2D eigenvalue weighted by Crippen LogP contribution is 2.26. The lowest BCUT2D eigenvalue weighted by Gasteiger charge is -2.10. The number of benzene rings is 2. The Labute approximate surface area is 111 Å². The zero-order chi connectivity index (χ0) is 13.0. The van der Waals surface area contributed by atoms with Crippen molar-refractivity contribution in [2.75, 3.05) is 12.4 Å². The molecule has 0 aliphatic heterocycles. The third-order valence-electron chi connectivity index (χ3n) is 2.65. The highest BCUT2D eigenvalue weighted by molar-refractivity contribution is 6.31. The van der Waals surface area contributed by atoms with Crippen molar-refractivity contribution in [3.05, 3.63) is 53.1 Å². The fraction of sp³-hybridized carbons (Fsp3) is 0.143. The smallest absolute Gasteiger partial charge is 0.122 e. The summed E-state index contributed by atoms with van der Waals surface area (Å²) in [5.74, 6) is 1.00. The Bertz CT molecular complexity index is 506. The molecule has 0 amide bonds. The Hall–Kier alpha value is -1.87. The van der Waals surface area contributed by atoms with E-state index in [1.54, 1.807) is 25.3 Å². The van der Waals surface area contributed by atoms with Gasteiger partial charge in [-0.15, -0.1) is 0 Å². The molecule has 0 atom stereocenters. The van der Waals surface area contributed by atoms with Gasteiger partial charge in [0, 0.05) is 22.8 Å². The molecule has 2 aromatic carbocycles. The molecule has 0 fully saturated rings. The first-order valence-corrected chi connectivity index (χ1v) is 5.93. The Kier molecular flexibility index (Phi) is 3.95. The number of methoxy groups -OCH3 is 1. The maximum atomic E-state index is 9.71. The molecule has 2 rings (SSSR count). The van der Waals surface area contributed by atoms with Crippen LogP contribution in [-0.4, -0.2) is 12.2 Å². The lowest BCUT2D eigenvalue weighted by Crippen LogP contribution is -2.00. The summed E-state index contributed by atoms with van der Waals surface area (Å²) in [5, 5.41) is 13.5. The maximum absolute atomic E-state index is 9.71. The molecule has 0 heterocycles. The molecule has 0 aliphatic rings. The van der Waals surface area contributed by atoms with Crippen molar-refractivity contribution in [2.24, 2.45) is 0 Å². The number of aromatic hydroxyl groups is 1. The SMILES string of the molecule is COc1ccc(NCc2c(O)cccc2Cl)cc1. The number of rotatable bonds is 4. The average Bonchev–Trinajstić information content (AvgIpc) is 2.39. The molecular formula is C14H14ClNO2. The molecule has 0 radical (unpaired) electrons. The summed E-state index contributed by atoms with van der Waals surface area (Å²) in [6, 6.07) is 12.7. The standard InChI is InChI=1S/C14H14ClNO2/c1-18-11-7-5-10(6-8-11)16-9-12-13(15)3-2-4-14(12)17/h2-8,16-17H,9H2,1H3. The molecule has 0 saturated carbocycles. The van der Waals surface area contributed by atoms with E-state index in [1.165, 1.54) is 0 Å². The van der Waals surface area contributed by atoms with Crippen molar-refractivity contribution in [3.8, 4) is 11.5 Å². The fourth-order valence-corrected chi connectivity index (χ4v) is 1.86. The maximum Gasteiger partial charge on any atom is 0.122 e. The van der Waals surface area contributed by atoms with Crippen LogP contribution in [0.4, 0.5) is 5.69 Å². The number of hydrogen-bond acceptors (Lipinski definition) is 3. The van der Waals surface area contributed by atoms with Crippen molar-refractivity contribution < 1.29 is 9.84 Å². The van der Waals surface area contributed by atoms with E-state index in [1.807, 2.05) is 24.3 Å². The second-order valence-electron chi connectivity index (χ2n) is 3.82. The van der Waals surface area contributed by atoms with Crippen molar-refractivity contribution in [1.82, 2.24) is 0 Å². The van der Waals surface area contributed by atoms with Crippen molar-refractivity contribution >= 4 is 17.3 Å². The van der Waals surface area contributed by atoms with E-state index in [0.29, 0.717) is 17.1 Å². The van der Waals surface area contributed by atoms with Crippen LogP contribution in [0.25, 0.3) is 0 Å². The number of ether oxygens (including phenoxy) is 1. The van der Waals surface area contributed by atoms with E-state index in [-0.39, 0.29) is 5.75 Å². The number of hydrogen-bond donors (Lipinski definition) is 2. The highest BCUT2D eigenvalue weighted by Gasteiger charge is 2.05. The van der Waals surface area contributed by atoms with Crippen molar-refractivity contribution in [2.45, 2.75) is 6.54 Å². The molecule has 0 spiro atoms. The van der Waals surface area contributed by atoms with Crippen LogP contribution in [0.5, 0.6) is 11.5 Å². The van der Waals surface area contributed by atoms with Gasteiger partial charge in [-0.05, 0) is 36.4 Å². The summed E-state index contributed by atoms with van der Waals surface area (Å²) in [4.78, 5) is 0. The van der Waals surface area contributed by atoms with Gasteiger partial charge in [0.2, 0.25) is 0 Å². The molecule has 0 aliphatic carbocycles. The normalized spacial score (nSPS) is 10.1. The van der Waals surface area contributed by atoms with E-state index in [9.17, 15) is 5.11 Å². The monoisotopic (exact) mass is 263 g/mol. The summed E-state index contributed by atoms with van der Waals surface area (Å²) in [5.41, 5.74) is 1.63. The van der Waals surface area contributed by atoms with E-state index < -0.39 is 0 Å². The van der Waals surface area contributed by atoms with Gasteiger partial charge >= 0.3 is 0 Å².